The minimum absolute atomic E-state index is 0.178. The van der Waals surface area contributed by atoms with Gasteiger partial charge in [-0.1, -0.05) is 17.7 Å². The molecular weight excluding hydrogens is 334 g/mol. The Balaban J connectivity index is 2.31. The minimum atomic E-state index is -0.178. The van der Waals surface area contributed by atoms with Crippen LogP contribution in [0.5, 0.6) is 0 Å². The molecule has 1 amide bonds. The standard InChI is InChI=1S/C13H11BrClNOS/c1-7-5-8(2)11(9(14)6-7)16-13(17)12-10(15)3-4-18-12/h3-6H,1-2H3,(H,16,17). The first-order valence-corrected chi connectivity index (χ1v) is 7.35. The van der Waals surface area contributed by atoms with Crippen LogP contribution < -0.4 is 5.32 Å². The molecule has 0 aliphatic carbocycles. The van der Waals surface area contributed by atoms with E-state index in [9.17, 15) is 4.79 Å². The minimum Gasteiger partial charge on any atom is -0.320 e. The van der Waals surface area contributed by atoms with Gasteiger partial charge in [0.2, 0.25) is 0 Å². The zero-order valence-corrected chi connectivity index (χ0v) is 13.0. The zero-order valence-electron chi connectivity index (χ0n) is 9.88. The van der Waals surface area contributed by atoms with Crippen molar-refractivity contribution in [3.8, 4) is 0 Å². The van der Waals surface area contributed by atoms with Crippen molar-refractivity contribution < 1.29 is 4.79 Å². The van der Waals surface area contributed by atoms with Gasteiger partial charge < -0.3 is 5.32 Å². The summed E-state index contributed by atoms with van der Waals surface area (Å²) in [6.07, 6.45) is 0. The number of carbonyl (C=O) groups excluding carboxylic acids is 1. The van der Waals surface area contributed by atoms with E-state index in [1.54, 1.807) is 11.4 Å². The van der Waals surface area contributed by atoms with Gasteiger partial charge in [-0.2, -0.15) is 0 Å². The lowest BCUT2D eigenvalue weighted by Crippen LogP contribution is -2.12. The van der Waals surface area contributed by atoms with E-state index in [2.05, 4.69) is 21.2 Å². The van der Waals surface area contributed by atoms with Crippen molar-refractivity contribution in [2.24, 2.45) is 0 Å². The highest BCUT2D eigenvalue weighted by atomic mass is 79.9. The molecule has 1 N–H and O–H groups in total. The second-order valence-electron chi connectivity index (χ2n) is 3.99. The summed E-state index contributed by atoms with van der Waals surface area (Å²) in [6, 6.07) is 5.72. The normalized spacial score (nSPS) is 10.4. The smallest absolute Gasteiger partial charge is 0.267 e. The Hall–Kier alpha value is -0.840. The Morgan fingerprint density at radius 2 is 2.11 bits per heavy atom. The van der Waals surface area contributed by atoms with Crippen molar-refractivity contribution in [1.29, 1.82) is 0 Å². The number of halogens is 2. The highest BCUT2D eigenvalue weighted by Gasteiger charge is 2.14. The van der Waals surface area contributed by atoms with Crippen molar-refractivity contribution in [1.82, 2.24) is 0 Å². The molecular formula is C13H11BrClNOS. The number of anilines is 1. The largest absolute Gasteiger partial charge is 0.320 e. The fourth-order valence-corrected chi connectivity index (χ4v) is 3.51. The highest BCUT2D eigenvalue weighted by Crippen LogP contribution is 2.30. The van der Waals surface area contributed by atoms with Gasteiger partial charge in [0.05, 0.1) is 10.7 Å². The van der Waals surface area contributed by atoms with Crippen molar-refractivity contribution >= 4 is 50.5 Å². The molecule has 0 spiro atoms. The molecule has 0 bridgehead atoms. The molecule has 0 unspecified atom stereocenters. The molecule has 1 aromatic carbocycles. The number of nitrogens with one attached hydrogen (secondary N) is 1. The van der Waals surface area contributed by atoms with Crippen molar-refractivity contribution in [2.45, 2.75) is 13.8 Å². The van der Waals surface area contributed by atoms with E-state index in [4.69, 9.17) is 11.6 Å². The predicted molar refractivity (Wildman–Crippen MR) is 80.9 cm³/mol. The monoisotopic (exact) mass is 343 g/mol. The van der Waals surface area contributed by atoms with E-state index >= 15 is 0 Å². The molecule has 0 saturated heterocycles. The van der Waals surface area contributed by atoms with E-state index in [0.29, 0.717) is 9.90 Å². The summed E-state index contributed by atoms with van der Waals surface area (Å²) < 4.78 is 0.876. The van der Waals surface area contributed by atoms with Crippen LogP contribution in [0.2, 0.25) is 5.02 Å². The molecule has 0 aliphatic heterocycles. The average molecular weight is 345 g/mol. The lowest BCUT2D eigenvalue weighted by atomic mass is 10.1. The van der Waals surface area contributed by atoms with Crippen LogP contribution >= 0.6 is 38.9 Å². The molecule has 0 aliphatic rings. The van der Waals surface area contributed by atoms with Crippen LogP contribution in [-0.4, -0.2) is 5.91 Å². The Bertz CT molecular complexity index is 586. The molecule has 2 aromatic rings. The first-order valence-electron chi connectivity index (χ1n) is 5.30. The van der Waals surface area contributed by atoms with Crippen LogP contribution in [-0.2, 0) is 0 Å². The number of aryl methyl sites for hydroxylation is 2. The average Bonchev–Trinajstić information content (AvgIpc) is 2.69. The number of rotatable bonds is 2. The van der Waals surface area contributed by atoms with Crippen LogP contribution in [0.4, 0.5) is 5.69 Å². The molecule has 1 aromatic heterocycles. The van der Waals surface area contributed by atoms with Crippen LogP contribution in [0.15, 0.2) is 28.1 Å². The molecule has 2 rings (SSSR count). The van der Waals surface area contributed by atoms with Gasteiger partial charge in [0.15, 0.2) is 0 Å². The second kappa shape index (κ2) is 5.43. The molecule has 5 heteroatoms. The van der Waals surface area contributed by atoms with Gasteiger partial charge in [-0.25, -0.2) is 0 Å². The van der Waals surface area contributed by atoms with Crippen LogP contribution in [0.3, 0.4) is 0 Å². The summed E-state index contributed by atoms with van der Waals surface area (Å²) in [7, 11) is 0. The molecule has 18 heavy (non-hydrogen) atoms. The van der Waals surface area contributed by atoms with E-state index in [1.807, 2.05) is 26.0 Å². The summed E-state index contributed by atoms with van der Waals surface area (Å²) >= 11 is 10.7. The molecule has 2 nitrogen and oxygen atoms in total. The Labute approximate surface area is 123 Å². The highest BCUT2D eigenvalue weighted by molar-refractivity contribution is 9.10. The van der Waals surface area contributed by atoms with Crippen LogP contribution in [0.25, 0.3) is 0 Å². The fourth-order valence-electron chi connectivity index (χ4n) is 1.70. The summed E-state index contributed by atoms with van der Waals surface area (Å²) in [5, 5.41) is 5.17. The van der Waals surface area contributed by atoms with E-state index in [0.717, 1.165) is 21.3 Å². The van der Waals surface area contributed by atoms with Gasteiger partial charge in [-0.15, -0.1) is 11.3 Å². The number of hydrogen-bond donors (Lipinski definition) is 1. The second-order valence-corrected chi connectivity index (χ2v) is 6.17. The first-order chi connectivity index (χ1) is 8.49. The summed E-state index contributed by atoms with van der Waals surface area (Å²) in [5.41, 5.74) is 2.95. The number of benzene rings is 1. The molecule has 0 saturated carbocycles. The Morgan fingerprint density at radius 3 is 2.67 bits per heavy atom. The van der Waals surface area contributed by atoms with Crippen molar-refractivity contribution in [2.75, 3.05) is 5.32 Å². The fraction of sp³-hybridized carbons (Fsp3) is 0.154. The third kappa shape index (κ3) is 2.76. The molecule has 1 heterocycles. The number of hydrogen-bond acceptors (Lipinski definition) is 2. The third-order valence-electron chi connectivity index (χ3n) is 2.49. The van der Waals surface area contributed by atoms with Crippen molar-refractivity contribution in [3.63, 3.8) is 0 Å². The van der Waals surface area contributed by atoms with Crippen LogP contribution in [0, 0.1) is 13.8 Å². The maximum atomic E-state index is 12.1. The Morgan fingerprint density at radius 1 is 1.39 bits per heavy atom. The summed E-state index contributed by atoms with van der Waals surface area (Å²) in [6.45, 7) is 3.98. The van der Waals surface area contributed by atoms with Gasteiger partial charge >= 0.3 is 0 Å². The lowest BCUT2D eigenvalue weighted by Gasteiger charge is -2.11. The summed E-state index contributed by atoms with van der Waals surface area (Å²) in [4.78, 5) is 12.6. The van der Waals surface area contributed by atoms with Crippen LogP contribution in [0.1, 0.15) is 20.8 Å². The van der Waals surface area contributed by atoms with E-state index in [1.165, 1.54) is 11.3 Å². The molecule has 0 radical (unpaired) electrons. The lowest BCUT2D eigenvalue weighted by molar-refractivity contribution is 0.103. The molecule has 0 atom stereocenters. The van der Waals surface area contributed by atoms with Crippen molar-refractivity contribution in [3.05, 3.63) is 49.1 Å². The molecule has 94 valence electrons. The maximum Gasteiger partial charge on any atom is 0.267 e. The van der Waals surface area contributed by atoms with Gasteiger partial charge in [0, 0.05) is 4.47 Å². The number of amides is 1. The predicted octanol–water partition coefficient (Wildman–Crippen LogP) is 5.03. The van der Waals surface area contributed by atoms with Gasteiger partial charge in [-0.3, -0.25) is 4.79 Å². The number of carbonyl (C=O) groups is 1. The van der Waals surface area contributed by atoms with Gasteiger partial charge in [0.25, 0.3) is 5.91 Å². The third-order valence-corrected chi connectivity index (χ3v) is 4.46. The quantitative estimate of drug-likeness (QED) is 0.813. The van der Waals surface area contributed by atoms with Gasteiger partial charge in [-0.05, 0) is 58.4 Å². The topological polar surface area (TPSA) is 29.1 Å². The summed E-state index contributed by atoms with van der Waals surface area (Å²) in [5.74, 6) is -0.178. The first kappa shape index (κ1) is 13.6. The van der Waals surface area contributed by atoms with E-state index in [-0.39, 0.29) is 5.91 Å². The molecule has 0 fully saturated rings. The Kier molecular flexibility index (Phi) is 4.10. The zero-order chi connectivity index (χ0) is 13.3. The number of thiophene rings is 1. The van der Waals surface area contributed by atoms with Gasteiger partial charge in [0.1, 0.15) is 4.88 Å². The maximum absolute atomic E-state index is 12.1. The SMILES string of the molecule is Cc1cc(C)c(NC(=O)c2sccc2Cl)c(Br)c1. The van der Waals surface area contributed by atoms with E-state index < -0.39 is 0 Å².